The molecule has 0 aliphatic carbocycles. The number of hydrogen-bond donors (Lipinski definition) is 2. The smallest absolute Gasteiger partial charge is 0.258 e. The molecule has 6 heteroatoms. The molecule has 1 aliphatic heterocycles. The van der Waals surface area contributed by atoms with Gasteiger partial charge in [0.1, 0.15) is 5.75 Å². The molecule has 1 aliphatic rings. The number of hydrogen-bond acceptors (Lipinski definition) is 4. The zero-order valence-corrected chi connectivity index (χ0v) is 11.9. The van der Waals surface area contributed by atoms with Crippen LogP contribution in [0.15, 0.2) is 24.3 Å². The van der Waals surface area contributed by atoms with Crippen molar-refractivity contribution >= 4 is 17.5 Å². The lowest BCUT2D eigenvalue weighted by molar-refractivity contribution is -0.127. The molecule has 0 unspecified atom stereocenters. The molecule has 1 aromatic carbocycles. The van der Waals surface area contributed by atoms with E-state index in [1.165, 1.54) is 0 Å². The number of halogens is 1. The first-order valence-corrected chi connectivity index (χ1v) is 6.89. The van der Waals surface area contributed by atoms with E-state index in [1.54, 1.807) is 24.3 Å². The number of carbonyl (C=O) groups excluding carboxylic acids is 1. The summed E-state index contributed by atoms with van der Waals surface area (Å²) < 4.78 is 10.6. The third kappa shape index (κ3) is 4.10. The molecule has 1 fully saturated rings. The molecule has 2 rings (SSSR count). The predicted molar refractivity (Wildman–Crippen MR) is 75.0 cm³/mol. The first-order valence-electron chi connectivity index (χ1n) is 6.52. The highest BCUT2D eigenvalue weighted by Gasteiger charge is 2.33. The van der Waals surface area contributed by atoms with Crippen molar-refractivity contribution < 1.29 is 19.4 Å². The standard InChI is InChI=1S/C14H18ClNO4/c15-11-1-3-12(4-2-11)20-9-13(18)16-14(10-17)5-7-19-8-6-14/h1-4,17H,5-10H2,(H,16,18). The van der Waals surface area contributed by atoms with Gasteiger partial charge in [0.2, 0.25) is 0 Å². The number of aliphatic hydroxyl groups excluding tert-OH is 1. The van der Waals surface area contributed by atoms with Gasteiger partial charge in [0.25, 0.3) is 5.91 Å². The summed E-state index contributed by atoms with van der Waals surface area (Å²) in [7, 11) is 0. The van der Waals surface area contributed by atoms with E-state index in [4.69, 9.17) is 21.1 Å². The van der Waals surface area contributed by atoms with Crippen molar-refractivity contribution in [2.24, 2.45) is 0 Å². The second-order valence-electron chi connectivity index (χ2n) is 4.84. The maximum Gasteiger partial charge on any atom is 0.258 e. The van der Waals surface area contributed by atoms with Gasteiger partial charge in [-0.25, -0.2) is 0 Å². The lowest BCUT2D eigenvalue weighted by atomic mass is 9.91. The summed E-state index contributed by atoms with van der Waals surface area (Å²) in [6.07, 6.45) is 1.21. The SMILES string of the molecule is O=C(COc1ccc(Cl)cc1)NC1(CO)CCOCC1. The average Bonchev–Trinajstić information content (AvgIpc) is 2.47. The Morgan fingerprint density at radius 3 is 2.60 bits per heavy atom. The third-order valence-corrected chi connectivity index (χ3v) is 3.59. The first-order chi connectivity index (χ1) is 9.63. The van der Waals surface area contributed by atoms with Crippen molar-refractivity contribution in [2.75, 3.05) is 26.4 Å². The Morgan fingerprint density at radius 1 is 1.35 bits per heavy atom. The van der Waals surface area contributed by atoms with E-state index < -0.39 is 5.54 Å². The Kier molecular flexibility index (Phi) is 5.23. The van der Waals surface area contributed by atoms with Crippen molar-refractivity contribution in [3.63, 3.8) is 0 Å². The molecule has 1 amide bonds. The molecular weight excluding hydrogens is 282 g/mol. The number of rotatable bonds is 5. The number of benzene rings is 1. The van der Waals surface area contributed by atoms with Crippen LogP contribution in [-0.2, 0) is 9.53 Å². The maximum absolute atomic E-state index is 11.9. The Hall–Kier alpha value is -1.30. The molecule has 110 valence electrons. The molecule has 2 N–H and O–H groups in total. The van der Waals surface area contributed by atoms with Gasteiger partial charge in [-0.2, -0.15) is 0 Å². The van der Waals surface area contributed by atoms with Gasteiger partial charge in [-0.05, 0) is 37.1 Å². The fourth-order valence-electron chi connectivity index (χ4n) is 2.10. The van der Waals surface area contributed by atoms with Crippen molar-refractivity contribution in [3.8, 4) is 5.75 Å². The molecule has 0 saturated carbocycles. The lowest BCUT2D eigenvalue weighted by Gasteiger charge is -2.36. The van der Waals surface area contributed by atoms with Crippen LogP contribution in [0.2, 0.25) is 5.02 Å². The monoisotopic (exact) mass is 299 g/mol. The second kappa shape index (κ2) is 6.92. The molecule has 0 radical (unpaired) electrons. The van der Waals surface area contributed by atoms with Crippen LogP contribution in [0.1, 0.15) is 12.8 Å². The van der Waals surface area contributed by atoms with Gasteiger partial charge in [-0.1, -0.05) is 11.6 Å². The normalized spacial score (nSPS) is 17.5. The molecule has 0 aromatic heterocycles. The zero-order chi connectivity index (χ0) is 14.4. The van der Waals surface area contributed by atoms with Gasteiger partial charge >= 0.3 is 0 Å². The Balaban J connectivity index is 1.83. The van der Waals surface area contributed by atoms with E-state index in [1.807, 2.05) is 0 Å². The minimum absolute atomic E-state index is 0.0930. The van der Waals surface area contributed by atoms with E-state index in [9.17, 15) is 9.90 Å². The lowest BCUT2D eigenvalue weighted by Crippen LogP contribution is -2.55. The van der Waals surface area contributed by atoms with E-state index in [0.29, 0.717) is 36.8 Å². The molecular formula is C14H18ClNO4. The van der Waals surface area contributed by atoms with Gasteiger partial charge in [0, 0.05) is 18.2 Å². The first kappa shape index (κ1) is 15.1. The van der Waals surface area contributed by atoms with Crippen LogP contribution in [-0.4, -0.2) is 43.0 Å². The molecule has 5 nitrogen and oxygen atoms in total. The topological polar surface area (TPSA) is 67.8 Å². The number of ether oxygens (including phenoxy) is 2. The molecule has 1 saturated heterocycles. The molecule has 1 heterocycles. The van der Waals surface area contributed by atoms with Crippen LogP contribution in [0.5, 0.6) is 5.75 Å². The van der Waals surface area contributed by atoms with Gasteiger partial charge in [-0.3, -0.25) is 4.79 Å². The molecule has 0 bridgehead atoms. The molecule has 1 aromatic rings. The second-order valence-corrected chi connectivity index (χ2v) is 5.28. The number of nitrogens with one attached hydrogen (secondary N) is 1. The summed E-state index contributed by atoms with van der Waals surface area (Å²) in [6.45, 7) is 0.894. The van der Waals surface area contributed by atoms with Crippen LogP contribution in [0, 0.1) is 0 Å². The molecule has 20 heavy (non-hydrogen) atoms. The fourth-order valence-corrected chi connectivity index (χ4v) is 2.22. The van der Waals surface area contributed by atoms with Crippen LogP contribution in [0.25, 0.3) is 0 Å². The third-order valence-electron chi connectivity index (χ3n) is 3.34. The Labute approximate surface area is 122 Å². The van der Waals surface area contributed by atoms with Crippen molar-refractivity contribution in [2.45, 2.75) is 18.4 Å². The molecule has 0 atom stereocenters. The molecule has 0 spiro atoms. The van der Waals surface area contributed by atoms with E-state index in [0.717, 1.165) is 0 Å². The minimum atomic E-state index is -0.585. The fraction of sp³-hybridized carbons (Fsp3) is 0.500. The highest BCUT2D eigenvalue weighted by Crippen LogP contribution is 2.20. The van der Waals surface area contributed by atoms with Gasteiger partial charge in [-0.15, -0.1) is 0 Å². The number of aliphatic hydroxyl groups is 1. The summed E-state index contributed by atoms with van der Waals surface area (Å²) in [6, 6.07) is 6.79. The van der Waals surface area contributed by atoms with E-state index in [2.05, 4.69) is 5.32 Å². The highest BCUT2D eigenvalue weighted by atomic mass is 35.5. The summed E-state index contributed by atoms with van der Waals surface area (Å²) in [5, 5.41) is 12.9. The number of carbonyl (C=O) groups is 1. The largest absolute Gasteiger partial charge is 0.484 e. The Bertz CT molecular complexity index is 443. The summed E-state index contributed by atoms with van der Waals surface area (Å²) in [4.78, 5) is 11.9. The van der Waals surface area contributed by atoms with Gasteiger partial charge in [0.05, 0.1) is 12.1 Å². The van der Waals surface area contributed by atoms with Crippen LogP contribution in [0.4, 0.5) is 0 Å². The van der Waals surface area contributed by atoms with Crippen LogP contribution in [0.3, 0.4) is 0 Å². The van der Waals surface area contributed by atoms with Gasteiger partial charge < -0.3 is 19.9 Å². The van der Waals surface area contributed by atoms with E-state index >= 15 is 0 Å². The van der Waals surface area contributed by atoms with Crippen molar-refractivity contribution in [3.05, 3.63) is 29.3 Å². The van der Waals surface area contributed by atoms with Gasteiger partial charge in [0.15, 0.2) is 6.61 Å². The summed E-state index contributed by atoms with van der Waals surface area (Å²) in [5.41, 5.74) is -0.585. The van der Waals surface area contributed by atoms with Crippen molar-refractivity contribution in [1.29, 1.82) is 0 Å². The van der Waals surface area contributed by atoms with Crippen LogP contribution >= 0.6 is 11.6 Å². The summed E-state index contributed by atoms with van der Waals surface area (Å²) in [5.74, 6) is 0.325. The maximum atomic E-state index is 11.9. The highest BCUT2D eigenvalue weighted by molar-refractivity contribution is 6.30. The average molecular weight is 300 g/mol. The predicted octanol–water partition coefficient (Wildman–Crippen LogP) is 1.38. The van der Waals surface area contributed by atoms with Crippen molar-refractivity contribution in [1.82, 2.24) is 5.32 Å². The zero-order valence-electron chi connectivity index (χ0n) is 11.1. The van der Waals surface area contributed by atoms with E-state index in [-0.39, 0.29) is 19.1 Å². The Morgan fingerprint density at radius 2 is 2.00 bits per heavy atom. The quantitative estimate of drug-likeness (QED) is 0.862. The summed E-state index contributed by atoms with van der Waals surface area (Å²) >= 11 is 5.77. The van der Waals surface area contributed by atoms with Crippen LogP contribution < -0.4 is 10.1 Å². The number of amides is 1. The minimum Gasteiger partial charge on any atom is -0.484 e.